The maximum atomic E-state index is 11.8. The van der Waals surface area contributed by atoms with E-state index in [0.29, 0.717) is 6.54 Å². The number of nitrogens with two attached hydrogens (primary N) is 1. The van der Waals surface area contributed by atoms with Crippen LogP contribution in [0.2, 0.25) is 0 Å². The quantitative estimate of drug-likeness (QED) is 0.566. The van der Waals surface area contributed by atoms with E-state index in [1.165, 1.54) is 5.56 Å². The second-order valence-electron chi connectivity index (χ2n) is 7.44. The fraction of sp³-hybridized carbons (Fsp3) is 0.600. The van der Waals surface area contributed by atoms with Gasteiger partial charge in [0.05, 0.1) is 12.6 Å². The number of hydrogen-bond donors (Lipinski definition) is 3. The Morgan fingerprint density at radius 2 is 1.67 bits per heavy atom. The smallest absolute Gasteiger partial charge is 0.239 e. The number of nitrogens with one attached hydrogen (secondary N) is 2. The normalized spacial score (nSPS) is 16.9. The van der Waals surface area contributed by atoms with E-state index in [1.807, 2.05) is 19.9 Å². The largest absolute Gasteiger partial charge is 0.353 e. The van der Waals surface area contributed by atoms with Crippen LogP contribution < -0.4 is 16.4 Å². The van der Waals surface area contributed by atoms with Crippen molar-refractivity contribution in [3.63, 3.8) is 0 Å². The molecule has 1 saturated heterocycles. The van der Waals surface area contributed by atoms with Gasteiger partial charge in [0, 0.05) is 45.8 Å². The van der Waals surface area contributed by atoms with Crippen molar-refractivity contribution in [2.45, 2.75) is 26.4 Å². The lowest BCUT2D eigenvalue weighted by Crippen LogP contribution is -2.49. The summed E-state index contributed by atoms with van der Waals surface area (Å²) in [6.07, 6.45) is 0. The number of amides is 2. The second-order valence-corrected chi connectivity index (χ2v) is 7.44. The Hall–Kier alpha value is -1.96. The first-order valence-corrected chi connectivity index (χ1v) is 9.74. The van der Waals surface area contributed by atoms with Gasteiger partial charge >= 0.3 is 0 Å². The van der Waals surface area contributed by atoms with E-state index >= 15 is 0 Å². The summed E-state index contributed by atoms with van der Waals surface area (Å²) >= 11 is 0. The molecule has 27 heavy (non-hydrogen) atoms. The Bertz CT molecular complexity index is 585. The van der Waals surface area contributed by atoms with Gasteiger partial charge in [0.15, 0.2) is 0 Å². The highest BCUT2D eigenvalue weighted by Gasteiger charge is 2.18. The van der Waals surface area contributed by atoms with Crippen molar-refractivity contribution < 1.29 is 9.59 Å². The molecule has 0 unspecified atom stereocenters. The number of nitrogens with zero attached hydrogens (tertiary/aromatic N) is 2. The highest BCUT2D eigenvalue weighted by molar-refractivity contribution is 5.87. The molecular weight excluding hydrogens is 342 g/mol. The average molecular weight is 376 g/mol. The molecule has 7 heteroatoms. The van der Waals surface area contributed by atoms with Gasteiger partial charge in [0.1, 0.15) is 0 Å². The van der Waals surface area contributed by atoms with E-state index in [0.717, 1.165) is 39.3 Å². The summed E-state index contributed by atoms with van der Waals surface area (Å²) in [5.74, 6) is -0.412. The molecule has 1 atom stereocenters. The first-order valence-electron chi connectivity index (χ1n) is 9.74. The van der Waals surface area contributed by atoms with Crippen molar-refractivity contribution in [2.24, 2.45) is 11.7 Å². The first-order chi connectivity index (χ1) is 13.0. The molecule has 0 bridgehead atoms. The average Bonchev–Trinajstić information content (AvgIpc) is 2.67. The summed E-state index contributed by atoms with van der Waals surface area (Å²) in [5.41, 5.74) is 7.09. The Kier molecular flexibility index (Phi) is 8.71. The number of rotatable bonds is 9. The number of hydrogen-bond acceptors (Lipinski definition) is 5. The molecule has 0 spiro atoms. The van der Waals surface area contributed by atoms with Crippen molar-refractivity contribution in [1.82, 2.24) is 20.4 Å². The lowest BCUT2D eigenvalue weighted by Gasteiger charge is -2.34. The maximum absolute atomic E-state index is 11.8. The van der Waals surface area contributed by atoms with Crippen LogP contribution in [0.3, 0.4) is 0 Å². The van der Waals surface area contributed by atoms with Gasteiger partial charge in [-0.25, -0.2) is 0 Å². The number of benzene rings is 1. The fourth-order valence-corrected chi connectivity index (χ4v) is 3.02. The topological polar surface area (TPSA) is 90.7 Å². The molecule has 1 aromatic rings. The molecule has 0 saturated carbocycles. The molecule has 4 N–H and O–H groups in total. The zero-order chi connectivity index (χ0) is 19.6. The summed E-state index contributed by atoms with van der Waals surface area (Å²) < 4.78 is 0. The van der Waals surface area contributed by atoms with Crippen molar-refractivity contribution in [2.75, 3.05) is 45.8 Å². The minimum Gasteiger partial charge on any atom is -0.353 e. The Balaban J connectivity index is 1.56. The van der Waals surface area contributed by atoms with E-state index in [4.69, 9.17) is 5.73 Å². The zero-order valence-corrected chi connectivity index (χ0v) is 16.5. The van der Waals surface area contributed by atoms with Crippen molar-refractivity contribution >= 4 is 11.8 Å². The zero-order valence-electron chi connectivity index (χ0n) is 16.5. The maximum Gasteiger partial charge on any atom is 0.239 e. The van der Waals surface area contributed by atoms with Crippen LogP contribution in [0.5, 0.6) is 0 Å². The molecule has 0 aromatic heterocycles. The molecule has 1 aliphatic rings. The molecule has 1 heterocycles. The molecule has 2 amide bonds. The predicted octanol–water partition coefficient (Wildman–Crippen LogP) is 0.0199. The van der Waals surface area contributed by atoms with Crippen molar-refractivity contribution in [3.8, 4) is 0 Å². The number of carbonyl (C=O) groups is 2. The Labute approximate surface area is 162 Å². The van der Waals surface area contributed by atoms with E-state index in [9.17, 15) is 9.59 Å². The van der Waals surface area contributed by atoms with E-state index in [1.54, 1.807) is 0 Å². The van der Waals surface area contributed by atoms with Crippen molar-refractivity contribution in [3.05, 3.63) is 35.9 Å². The molecule has 0 aliphatic carbocycles. The predicted molar refractivity (Wildman–Crippen MR) is 107 cm³/mol. The Morgan fingerprint density at radius 3 is 2.30 bits per heavy atom. The van der Waals surface area contributed by atoms with E-state index in [-0.39, 0.29) is 24.3 Å². The highest BCUT2D eigenvalue weighted by atomic mass is 16.2. The molecular formula is C20H33N5O2. The summed E-state index contributed by atoms with van der Waals surface area (Å²) in [6.45, 7) is 10.2. The van der Waals surface area contributed by atoms with Gasteiger partial charge in [0.25, 0.3) is 0 Å². The van der Waals surface area contributed by atoms with Crippen LogP contribution in [-0.2, 0) is 16.1 Å². The molecule has 1 fully saturated rings. The van der Waals surface area contributed by atoms with Crippen LogP contribution in [0.25, 0.3) is 0 Å². The SMILES string of the molecule is CC(C)[C@H](N)C(=O)NCC(=O)NCCN1CCN(Cc2ccccc2)CC1. The Morgan fingerprint density at radius 1 is 1.04 bits per heavy atom. The lowest BCUT2D eigenvalue weighted by atomic mass is 10.1. The molecule has 1 aliphatic heterocycles. The van der Waals surface area contributed by atoms with Gasteiger partial charge < -0.3 is 16.4 Å². The molecule has 1 aromatic carbocycles. The van der Waals surface area contributed by atoms with Crippen LogP contribution in [-0.4, -0.2) is 73.5 Å². The second kappa shape index (κ2) is 11.0. The molecule has 0 radical (unpaired) electrons. The van der Waals surface area contributed by atoms with Gasteiger partial charge in [-0.2, -0.15) is 0 Å². The third kappa shape index (κ3) is 7.66. The van der Waals surface area contributed by atoms with Crippen LogP contribution in [0.15, 0.2) is 30.3 Å². The van der Waals surface area contributed by atoms with Crippen molar-refractivity contribution in [1.29, 1.82) is 0 Å². The molecule has 2 rings (SSSR count). The number of carbonyl (C=O) groups excluding carboxylic acids is 2. The van der Waals surface area contributed by atoms with Gasteiger partial charge in [-0.3, -0.25) is 19.4 Å². The summed E-state index contributed by atoms with van der Waals surface area (Å²) in [6, 6.07) is 9.94. The van der Waals surface area contributed by atoms with Gasteiger partial charge in [-0.15, -0.1) is 0 Å². The summed E-state index contributed by atoms with van der Waals surface area (Å²) in [5, 5.41) is 5.44. The third-order valence-electron chi connectivity index (χ3n) is 4.91. The number of piperazine rings is 1. The van der Waals surface area contributed by atoms with E-state index in [2.05, 4.69) is 44.7 Å². The van der Waals surface area contributed by atoms with Crippen LogP contribution >= 0.6 is 0 Å². The van der Waals surface area contributed by atoms with Crippen LogP contribution in [0, 0.1) is 5.92 Å². The van der Waals surface area contributed by atoms with Gasteiger partial charge in [0.2, 0.25) is 11.8 Å². The fourth-order valence-electron chi connectivity index (χ4n) is 3.02. The monoisotopic (exact) mass is 375 g/mol. The first kappa shape index (κ1) is 21.3. The summed E-state index contributed by atoms with van der Waals surface area (Å²) in [7, 11) is 0. The minimum atomic E-state index is -0.579. The minimum absolute atomic E-state index is 0.0237. The third-order valence-corrected chi connectivity index (χ3v) is 4.91. The van der Waals surface area contributed by atoms with Crippen LogP contribution in [0.1, 0.15) is 19.4 Å². The highest BCUT2D eigenvalue weighted by Crippen LogP contribution is 2.07. The van der Waals surface area contributed by atoms with E-state index < -0.39 is 6.04 Å². The standard InChI is InChI=1S/C20H33N5O2/c1-16(2)19(21)20(27)23-14-18(26)22-8-9-24-10-12-25(13-11-24)15-17-6-4-3-5-7-17/h3-7,16,19H,8-15,21H2,1-2H3,(H,22,26)(H,23,27)/t19-/m0/s1. The van der Waals surface area contributed by atoms with Gasteiger partial charge in [-0.05, 0) is 11.5 Å². The summed E-state index contributed by atoms with van der Waals surface area (Å²) in [4.78, 5) is 28.4. The molecule has 150 valence electrons. The lowest BCUT2D eigenvalue weighted by molar-refractivity contribution is -0.127. The van der Waals surface area contributed by atoms with Crippen LogP contribution in [0.4, 0.5) is 0 Å². The van der Waals surface area contributed by atoms with Gasteiger partial charge in [-0.1, -0.05) is 44.2 Å². The molecule has 7 nitrogen and oxygen atoms in total.